The highest BCUT2D eigenvalue weighted by atomic mass is 79.9. The fourth-order valence-corrected chi connectivity index (χ4v) is 3.18. The first-order valence-corrected chi connectivity index (χ1v) is 7.55. The maximum atomic E-state index is 5.40. The molecule has 0 aromatic heterocycles. The Balaban J connectivity index is 2.28. The lowest BCUT2D eigenvalue weighted by Crippen LogP contribution is -2.09. The molecule has 1 unspecified atom stereocenters. The van der Waals surface area contributed by atoms with Gasteiger partial charge in [-0.05, 0) is 57.0 Å². The van der Waals surface area contributed by atoms with E-state index in [1.807, 2.05) is 36.4 Å². The molecule has 0 saturated heterocycles. The molecule has 2 aromatic rings. The SMILES string of the molecule is COc1ccccc1C(C)Nc1c(Br)cccc1Br. The zero-order chi connectivity index (χ0) is 13.8. The van der Waals surface area contributed by atoms with Crippen molar-refractivity contribution in [3.05, 3.63) is 57.0 Å². The summed E-state index contributed by atoms with van der Waals surface area (Å²) in [5.41, 5.74) is 2.17. The Hall–Kier alpha value is -1.000. The van der Waals surface area contributed by atoms with E-state index in [0.29, 0.717) is 0 Å². The normalized spacial score (nSPS) is 12.0. The summed E-state index contributed by atoms with van der Waals surface area (Å²) in [4.78, 5) is 0. The Bertz CT molecular complexity index is 552. The average molecular weight is 385 g/mol. The smallest absolute Gasteiger partial charge is 0.124 e. The molecule has 0 aliphatic carbocycles. The Kier molecular flexibility index (Phi) is 4.88. The van der Waals surface area contributed by atoms with Crippen molar-refractivity contribution in [1.29, 1.82) is 0 Å². The van der Waals surface area contributed by atoms with Crippen molar-refractivity contribution >= 4 is 37.5 Å². The first kappa shape index (κ1) is 14.4. The van der Waals surface area contributed by atoms with Gasteiger partial charge in [-0.3, -0.25) is 0 Å². The first-order valence-electron chi connectivity index (χ1n) is 5.97. The maximum Gasteiger partial charge on any atom is 0.124 e. The van der Waals surface area contributed by atoms with Crippen molar-refractivity contribution in [2.45, 2.75) is 13.0 Å². The summed E-state index contributed by atoms with van der Waals surface area (Å²) in [6.07, 6.45) is 0. The van der Waals surface area contributed by atoms with Gasteiger partial charge in [-0.2, -0.15) is 0 Å². The molecule has 2 nitrogen and oxygen atoms in total. The van der Waals surface area contributed by atoms with Gasteiger partial charge in [0, 0.05) is 14.5 Å². The van der Waals surface area contributed by atoms with E-state index in [1.165, 1.54) is 0 Å². The number of halogens is 2. The number of hydrogen-bond acceptors (Lipinski definition) is 2. The van der Waals surface area contributed by atoms with E-state index in [4.69, 9.17) is 4.74 Å². The second-order valence-corrected chi connectivity index (χ2v) is 5.91. The number of methoxy groups -OCH3 is 1. The van der Waals surface area contributed by atoms with Gasteiger partial charge in [0.2, 0.25) is 0 Å². The molecule has 0 fully saturated rings. The minimum Gasteiger partial charge on any atom is -0.496 e. The van der Waals surface area contributed by atoms with E-state index < -0.39 is 0 Å². The molecule has 19 heavy (non-hydrogen) atoms. The van der Waals surface area contributed by atoms with Gasteiger partial charge < -0.3 is 10.1 Å². The maximum absolute atomic E-state index is 5.40. The highest BCUT2D eigenvalue weighted by Crippen LogP contribution is 2.35. The van der Waals surface area contributed by atoms with Gasteiger partial charge in [0.1, 0.15) is 5.75 Å². The number of para-hydroxylation sites is 2. The predicted octanol–water partition coefficient (Wildman–Crippen LogP) is 5.39. The number of benzene rings is 2. The van der Waals surface area contributed by atoms with Crippen LogP contribution in [0.3, 0.4) is 0 Å². The fourth-order valence-electron chi connectivity index (χ4n) is 1.95. The Morgan fingerprint density at radius 3 is 2.26 bits per heavy atom. The minimum absolute atomic E-state index is 0.145. The molecular weight excluding hydrogens is 370 g/mol. The van der Waals surface area contributed by atoms with Crippen LogP contribution in [0.25, 0.3) is 0 Å². The molecule has 1 N–H and O–H groups in total. The molecule has 0 radical (unpaired) electrons. The van der Waals surface area contributed by atoms with Crippen LogP contribution in [-0.2, 0) is 0 Å². The molecule has 4 heteroatoms. The minimum atomic E-state index is 0.145. The summed E-state index contributed by atoms with van der Waals surface area (Å²) in [7, 11) is 1.69. The van der Waals surface area contributed by atoms with Crippen molar-refractivity contribution in [3.63, 3.8) is 0 Å². The highest BCUT2D eigenvalue weighted by molar-refractivity contribution is 9.11. The first-order chi connectivity index (χ1) is 9.13. The van der Waals surface area contributed by atoms with Crippen molar-refractivity contribution in [2.24, 2.45) is 0 Å². The van der Waals surface area contributed by atoms with Crippen LogP contribution in [0, 0.1) is 0 Å². The standard InChI is InChI=1S/C15H15Br2NO/c1-10(11-6-3-4-9-14(11)19-2)18-15-12(16)7-5-8-13(15)17/h3-10,18H,1-2H3. The third kappa shape index (κ3) is 3.31. The fraction of sp³-hybridized carbons (Fsp3) is 0.200. The molecule has 2 rings (SSSR count). The molecule has 2 aromatic carbocycles. The van der Waals surface area contributed by atoms with Crippen LogP contribution >= 0.6 is 31.9 Å². The molecule has 0 aliphatic rings. The lowest BCUT2D eigenvalue weighted by atomic mass is 10.1. The molecule has 0 aliphatic heterocycles. The number of rotatable bonds is 4. The predicted molar refractivity (Wildman–Crippen MR) is 86.9 cm³/mol. The van der Waals surface area contributed by atoms with Gasteiger partial charge in [-0.1, -0.05) is 24.3 Å². The van der Waals surface area contributed by atoms with E-state index in [0.717, 1.165) is 25.9 Å². The van der Waals surface area contributed by atoms with Crippen molar-refractivity contribution < 1.29 is 4.74 Å². The van der Waals surface area contributed by atoms with E-state index in [9.17, 15) is 0 Å². The molecular formula is C15H15Br2NO. The second kappa shape index (κ2) is 6.44. The summed E-state index contributed by atoms with van der Waals surface area (Å²) in [5, 5.41) is 3.50. The van der Waals surface area contributed by atoms with E-state index in [-0.39, 0.29) is 6.04 Å². The molecule has 0 bridgehead atoms. The van der Waals surface area contributed by atoms with Gasteiger partial charge in [0.25, 0.3) is 0 Å². The summed E-state index contributed by atoms with van der Waals surface area (Å²) in [5.74, 6) is 0.894. The summed E-state index contributed by atoms with van der Waals surface area (Å²) < 4.78 is 7.46. The molecule has 1 atom stereocenters. The molecule has 100 valence electrons. The molecule has 0 spiro atoms. The van der Waals surface area contributed by atoms with Gasteiger partial charge in [0.15, 0.2) is 0 Å². The van der Waals surface area contributed by atoms with Crippen molar-refractivity contribution in [2.75, 3.05) is 12.4 Å². The molecule has 0 amide bonds. The quantitative estimate of drug-likeness (QED) is 0.762. The monoisotopic (exact) mass is 383 g/mol. The van der Waals surface area contributed by atoms with Gasteiger partial charge >= 0.3 is 0 Å². The highest BCUT2D eigenvalue weighted by Gasteiger charge is 2.13. The van der Waals surface area contributed by atoms with Crippen LogP contribution in [-0.4, -0.2) is 7.11 Å². The van der Waals surface area contributed by atoms with Gasteiger partial charge in [-0.25, -0.2) is 0 Å². The third-order valence-electron chi connectivity index (χ3n) is 2.93. The third-order valence-corrected chi connectivity index (χ3v) is 4.25. The zero-order valence-corrected chi connectivity index (χ0v) is 14.0. The van der Waals surface area contributed by atoms with Crippen molar-refractivity contribution in [3.8, 4) is 5.75 Å². The summed E-state index contributed by atoms with van der Waals surface area (Å²) >= 11 is 7.12. The topological polar surface area (TPSA) is 21.3 Å². The van der Waals surface area contributed by atoms with Gasteiger partial charge in [-0.15, -0.1) is 0 Å². The average Bonchev–Trinajstić information content (AvgIpc) is 2.42. The van der Waals surface area contributed by atoms with Crippen LogP contribution in [0.4, 0.5) is 5.69 Å². The Labute approximate surface area is 130 Å². The van der Waals surface area contributed by atoms with E-state index in [1.54, 1.807) is 7.11 Å². The van der Waals surface area contributed by atoms with Crippen LogP contribution < -0.4 is 10.1 Å². The Morgan fingerprint density at radius 1 is 1.00 bits per heavy atom. The Morgan fingerprint density at radius 2 is 1.63 bits per heavy atom. The largest absolute Gasteiger partial charge is 0.496 e. The number of nitrogens with one attached hydrogen (secondary N) is 1. The summed E-state index contributed by atoms with van der Waals surface area (Å²) in [6, 6.07) is 14.2. The summed E-state index contributed by atoms with van der Waals surface area (Å²) in [6.45, 7) is 2.11. The number of hydrogen-bond donors (Lipinski definition) is 1. The van der Waals surface area contributed by atoms with Crippen LogP contribution in [0.5, 0.6) is 5.75 Å². The number of ether oxygens (including phenoxy) is 1. The molecule has 0 saturated carbocycles. The second-order valence-electron chi connectivity index (χ2n) is 4.20. The van der Waals surface area contributed by atoms with Crippen LogP contribution in [0.15, 0.2) is 51.4 Å². The van der Waals surface area contributed by atoms with Crippen LogP contribution in [0.1, 0.15) is 18.5 Å². The molecule has 0 heterocycles. The van der Waals surface area contributed by atoms with E-state index in [2.05, 4.69) is 50.2 Å². The van der Waals surface area contributed by atoms with Crippen molar-refractivity contribution in [1.82, 2.24) is 0 Å². The van der Waals surface area contributed by atoms with E-state index >= 15 is 0 Å². The lowest BCUT2D eigenvalue weighted by molar-refractivity contribution is 0.408. The zero-order valence-electron chi connectivity index (χ0n) is 10.8. The lowest BCUT2D eigenvalue weighted by Gasteiger charge is -2.20. The van der Waals surface area contributed by atoms with Crippen LogP contribution in [0.2, 0.25) is 0 Å². The number of anilines is 1. The van der Waals surface area contributed by atoms with Gasteiger partial charge in [0.05, 0.1) is 18.8 Å².